The Morgan fingerprint density at radius 1 is 1.44 bits per heavy atom. The zero-order valence-electron chi connectivity index (χ0n) is 10.1. The Labute approximate surface area is 105 Å². The third-order valence-electron chi connectivity index (χ3n) is 3.04. The number of imide groups is 1. The van der Waals surface area contributed by atoms with Crippen molar-refractivity contribution >= 4 is 11.8 Å². The fourth-order valence-corrected chi connectivity index (χ4v) is 2.03. The maximum Gasteiger partial charge on any atom is 0.243 e. The Balaban J connectivity index is 2.01. The van der Waals surface area contributed by atoms with E-state index in [9.17, 15) is 14.0 Å². The van der Waals surface area contributed by atoms with Gasteiger partial charge in [0.05, 0.1) is 6.04 Å². The molecule has 0 radical (unpaired) electrons. The summed E-state index contributed by atoms with van der Waals surface area (Å²) >= 11 is 0. The number of carbonyl (C=O) groups is 2. The summed E-state index contributed by atoms with van der Waals surface area (Å²) in [6.07, 6.45) is 0.809. The Kier molecular flexibility index (Phi) is 3.72. The van der Waals surface area contributed by atoms with E-state index in [1.807, 2.05) is 6.92 Å². The molecule has 1 saturated heterocycles. The molecular formula is C13H15FN2O2. The van der Waals surface area contributed by atoms with Crippen molar-refractivity contribution in [1.82, 2.24) is 10.6 Å². The van der Waals surface area contributed by atoms with Gasteiger partial charge in [0.2, 0.25) is 11.8 Å². The predicted octanol–water partition coefficient (Wildman–Crippen LogP) is 1.28. The highest BCUT2D eigenvalue weighted by Gasteiger charge is 2.27. The van der Waals surface area contributed by atoms with Crippen LogP contribution in [0.1, 0.15) is 31.4 Å². The molecule has 4 nitrogen and oxygen atoms in total. The Hall–Kier alpha value is -1.75. The molecule has 2 atom stereocenters. The lowest BCUT2D eigenvalue weighted by molar-refractivity contribution is -0.134. The normalized spacial score (nSPS) is 21.6. The molecule has 1 aliphatic rings. The summed E-state index contributed by atoms with van der Waals surface area (Å²) in [4.78, 5) is 22.6. The Bertz CT molecular complexity index is 476. The van der Waals surface area contributed by atoms with Crippen LogP contribution in [-0.2, 0) is 9.59 Å². The van der Waals surface area contributed by atoms with E-state index in [0.29, 0.717) is 12.8 Å². The molecule has 1 aliphatic heterocycles. The maximum absolute atomic E-state index is 13.1. The van der Waals surface area contributed by atoms with Crippen LogP contribution in [0.4, 0.5) is 4.39 Å². The van der Waals surface area contributed by atoms with E-state index in [1.54, 1.807) is 12.1 Å². The zero-order valence-corrected chi connectivity index (χ0v) is 10.1. The quantitative estimate of drug-likeness (QED) is 0.794. The van der Waals surface area contributed by atoms with E-state index in [0.717, 1.165) is 5.56 Å². The second-order valence-corrected chi connectivity index (χ2v) is 4.45. The summed E-state index contributed by atoms with van der Waals surface area (Å²) < 4.78 is 13.1. The van der Waals surface area contributed by atoms with Crippen LogP contribution < -0.4 is 10.6 Å². The molecule has 5 heteroatoms. The third-order valence-corrected chi connectivity index (χ3v) is 3.04. The molecule has 18 heavy (non-hydrogen) atoms. The molecule has 1 aromatic rings. The largest absolute Gasteiger partial charge is 0.299 e. The van der Waals surface area contributed by atoms with E-state index in [1.165, 1.54) is 12.1 Å². The monoisotopic (exact) mass is 250 g/mol. The van der Waals surface area contributed by atoms with Crippen molar-refractivity contribution in [3.63, 3.8) is 0 Å². The first kappa shape index (κ1) is 12.7. The molecular weight excluding hydrogens is 235 g/mol. The number of hydrogen-bond acceptors (Lipinski definition) is 3. The van der Waals surface area contributed by atoms with Gasteiger partial charge in [-0.05, 0) is 31.0 Å². The molecule has 0 saturated carbocycles. The lowest BCUT2D eigenvalue weighted by atomic mass is 10.0. The number of amides is 2. The van der Waals surface area contributed by atoms with Gasteiger partial charge in [-0.25, -0.2) is 4.39 Å². The van der Waals surface area contributed by atoms with Gasteiger partial charge >= 0.3 is 0 Å². The average Bonchev–Trinajstić information content (AvgIpc) is 2.32. The molecule has 0 aliphatic carbocycles. The van der Waals surface area contributed by atoms with Gasteiger partial charge in [0.1, 0.15) is 5.82 Å². The van der Waals surface area contributed by atoms with Gasteiger partial charge in [-0.3, -0.25) is 20.2 Å². The number of halogens is 1. The Morgan fingerprint density at radius 3 is 2.89 bits per heavy atom. The number of carbonyl (C=O) groups excluding carboxylic acids is 2. The van der Waals surface area contributed by atoms with E-state index >= 15 is 0 Å². The number of hydrogen-bond donors (Lipinski definition) is 2. The molecule has 0 bridgehead atoms. The molecule has 2 N–H and O–H groups in total. The highest BCUT2D eigenvalue weighted by molar-refractivity contribution is 6.00. The summed E-state index contributed by atoms with van der Waals surface area (Å²) in [6.45, 7) is 1.86. The number of piperidine rings is 1. The van der Waals surface area contributed by atoms with Crippen LogP contribution in [0.3, 0.4) is 0 Å². The van der Waals surface area contributed by atoms with Crippen LogP contribution in [0.25, 0.3) is 0 Å². The summed E-state index contributed by atoms with van der Waals surface area (Å²) in [7, 11) is 0. The average molecular weight is 250 g/mol. The van der Waals surface area contributed by atoms with Crippen LogP contribution in [0, 0.1) is 5.82 Å². The smallest absolute Gasteiger partial charge is 0.243 e. The fraction of sp³-hybridized carbons (Fsp3) is 0.385. The minimum atomic E-state index is -0.402. The first-order valence-corrected chi connectivity index (χ1v) is 5.91. The SMILES string of the molecule is CC(NC1CCC(=O)NC1=O)c1cccc(F)c1. The van der Waals surface area contributed by atoms with Gasteiger partial charge in [-0.2, -0.15) is 0 Å². The molecule has 2 unspecified atom stereocenters. The van der Waals surface area contributed by atoms with Crippen molar-refractivity contribution in [3.8, 4) is 0 Å². The van der Waals surface area contributed by atoms with Crippen molar-refractivity contribution in [2.45, 2.75) is 31.8 Å². The van der Waals surface area contributed by atoms with Crippen molar-refractivity contribution in [1.29, 1.82) is 0 Å². The fourth-order valence-electron chi connectivity index (χ4n) is 2.03. The van der Waals surface area contributed by atoms with E-state index in [4.69, 9.17) is 0 Å². The second-order valence-electron chi connectivity index (χ2n) is 4.45. The van der Waals surface area contributed by atoms with E-state index in [-0.39, 0.29) is 23.7 Å². The second kappa shape index (κ2) is 5.27. The van der Waals surface area contributed by atoms with Gasteiger partial charge in [0.25, 0.3) is 0 Å². The number of benzene rings is 1. The van der Waals surface area contributed by atoms with Crippen molar-refractivity contribution < 1.29 is 14.0 Å². The third kappa shape index (κ3) is 2.92. The van der Waals surface area contributed by atoms with Gasteiger partial charge in [-0.15, -0.1) is 0 Å². The molecule has 0 spiro atoms. The first-order chi connectivity index (χ1) is 8.56. The maximum atomic E-state index is 13.1. The van der Waals surface area contributed by atoms with Crippen molar-refractivity contribution in [2.75, 3.05) is 0 Å². The standard InChI is InChI=1S/C13H15FN2O2/c1-8(9-3-2-4-10(14)7-9)15-11-5-6-12(17)16-13(11)18/h2-4,7-8,11,15H,5-6H2,1H3,(H,16,17,18). The zero-order chi connectivity index (χ0) is 13.1. The lowest BCUT2D eigenvalue weighted by Crippen LogP contribution is -2.51. The molecule has 2 rings (SSSR count). The molecule has 2 amide bonds. The van der Waals surface area contributed by atoms with Crippen LogP contribution in [0.15, 0.2) is 24.3 Å². The highest BCUT2D eigenvalue weighted by atomic mass is 19.1. The van der Waals surface area contributed by atoms with Crippen LogP contribution in [0.2, 0.25) is 0 Å². The minimum Gasteiger partial charge on any atom is -0.299 e. The Morgan fingerprint density at radius 2 is 2.22 bits per heavy atom. The van der Waals surface area contributed by atoms with E-state index < -0.39 is 6.04 Å². The summed E-state index contributed by atoms with van der Waals surface area (Å²) in [5.74, 6) is -0.851. The van der Waals surface area contributed by atoms with Crippen molar-refractivity contribution in [3.05, 3.63) is 35.6 Å². The molecule has 1 fully saturated rings. The predicted molar refractivity (Wildman–Crippen MR) is 64.1 cm³/mol. The number of nitrogens with one attached hydrogen (secondary N) is 2. The van der Waals surface area contributed by atoms with Gasteiger partial charge in [0, 0.05) is 12.5 Å². The molecule has 1 heterocycles. The van der Waals surface area contributed by atoms with Gasteiger partial charge in [-0.1, -0.05) is 12.1 Å². The van der Waals surface area contributed by atoms with Crippen molar-refractivity contribution in [2.24, 2.45) is 0 Å². The number of rotatable bonds is 3. The minimum absolute atomic E-state index is 0.148. The molecule has 0 aromatic heterocycles. The van der Waals surface area contributed by atoms with Crippen LogP contribution in [-0.4, -0.2) is 17.9 Å². The van der Waals surface area contributed by atoms with Crippen LogP contribution in [0.5, 0.6) is 0 Å². The molecule has 1 aromatic carbocycles. The summed E-state index contributed by atoms with van der Waals surface area (Å²) in [5, 5.41) is 5.38. The highest BCUT2D eigenvalue weighted by Crippen LogP contribution is 2.16. The van der Waals surface area contributed by atoms with Gasteiger partial charge < -0.3 is 0 Å². The van der Waals surface area contributed by atoms with Gasteiger partial charge in [0.15, 0.2) is 0 Å². The topological polar surface area (TPSA) is 58.2 Å². The first-order valence-electron chi connectivity index (χ1n) is 5.91. The lowest BCUT2D eigenvalue weighted by Gasteiger charge is -2.25. The summed E-state index contributed by atoms with van der Waals surface area (Å²) in [6, 6.07) is 5.69. The summed E-state index contributed by atoms with van der Waals surface area (Å²) in [5.41, 5.74) is 0.778. The molecule has 96 valence electrons. The van der Waals surface area contributed by atoms with E-state index in [2.05, 4.69) is 10.6 Å². The van der Waals surface area contributed by atoms with Crippen LogP contribution >= 0.6 is 0 Å².